The van der Waals surface area contributed by atoms with Crippen LogP contribution in [0.25, 0.3) is 6.08 Å². The van der Waals surface area contributed by atoms with Crippen LogP contribution in [0.5, 0.6) is 28.7 Å². The summed E-state index contributed by atoms with van der Waals surface area (Å²) in [6, 6.07) is 11.3. The lowest BCUT2D eigenvalue weighted by Crippen LogP contribution is -2.31. The van der Waals surface area contributed by atoms with Gasteiger partial charge in [-0.25, -0.2) is 0 Å². The number of hydrogen-bond donors (Lipinski definition) is 0. The fourth-order valence-electron chi connectivity index (χ4n) is 4.06. The summed E-state index contributed by atoms with van der Waals surface area (Å²) in [7, 11) is 4.65. The topological polar surface area (TPSA) is 66.5 Å². The molecule has 0 spiro atoms. The van der Waals surface area contributed by atoms with Crippen LogP contribution < -0.4 is 23.7 Å². The summed E-state index contributed by atoms with van der Waals surface area (Å²) in [5, 5.41) is 2.06. The van der Waals surface area contributed by atoms with E-state index in [9.17, 15) is 4.79 Å². The fraction of sp³-hybridized carbons (Fsp3) is 0.240. The molecule has 0 amide bonds. The summed E-state index contributed by atoms with van der Waals surface area (Å²) in [4.78, 5) is 16.6. The monoisotopic (exact) mass is 465 g/mol. The van der Waals surface area contributed by atoms with Crippen molar-refractivity contribution in [3.05, 3.63) is 69.1 Å². The maximum Gasteiger partial charge on any atom is 0.231 e. The molecule has 0 bridgehead atoms. The van der Waals surface area contributed by atoms with Crippen molar-refractivity contribution in [1.82, 2.24) is 4.90 Å². The van der Waals surface area contributed by atoms with Gasteiger partial charge in [-0.2, -0.15) is 0 Å². The fourth-order valence-corrected chi connectivity index (χ4v) is 4.81. The zero-order valence-corrected chi connectivity index (χ0v) is 19.4. The standard InChI is InChI=1S/C25H23NO6S/c1-28-21-10-15(11-22(29-2)25(21)30-3)9-20-23(27)17-6-7-19-18(24(17)32-20)13-26(14-31-19)12-16-5-4-8-33-16/h4-11H,12-14H2,1-3H3/b20-9-. The number of ketones is 1. The maximum atomic E-state index is 13.1. The molecule has 0 saturated heterocycles. The van der Waals surface area contributed by atoms with Crippen LogP contribution in [0.1, 0.15) is 26.4 Å². The molecular weight excluding hydrogens is 442 g/mol. The Labute approximate surface area is 195 Å². The Bertz CT molecular complexity index is 1210. The van der Waals surface area contributed by atoms with Gasteiger partial charge in [-0.1, -0.05) is 6.07 Å². The van der Waals surface area contributed by atoms with Gasteiger partial charge in [0.2, 0.25) is 11.5 Å². The molecule has 170 valence electrons. The second kappa shape index (κ2) is 8.80. The van der Waals surface area contributed by atoms with E-state index in [1.165, 1.54) is 4.88 Å². The highest BCUT2D eigenvalue weighted by Crippen LogP contribution is 2.43. The molecule has 7 nitrogen and oxygen atoms in total. The normalized spacial score (nSPS) is 16.1. The second-order valence-electron chi connectivity index (χ2n) is 7.66. The number of carbonyl (C=O) groups excluding carboxylic acids is 1. The average molecular weight is 466 g/mol. The van der Waals surface area contributed by atoms with Gasteiger partial charge in [0.05, 0.1) is 32.5 Å². The number of thiophene rings is 1. The van der Waals surface area contributed by atoms with Crippen LogP contribution in [0.4, 0.5) is 0 Å². The lowest BCUT2D eigenvalue weighted by molar-refractivity contribution is 0.0882. The molecule has 0 N–H and O–H groups in total. The van der Waals surface area contributed by atoms with Crippen molar-refractivity contribution in [3.8, 4) is 28.7 Å². The first-order chi connectivity index (χ1) is 16.1. The molecule has 3 heterocycles. The van der Waals surface area contributed by atoms with E-state index in [0.717, 1.165) is 17.9 Å². The number of fused-ring (bicyclic) bond motifs is 3. The van der Waals surface area contributed by atoms with Crippen LogP contribution in [-0.4, -0.2) is 38.7 Å². The lowest BCUT2D eigenvalue weighted by Gasteiger charge is -2.29. The third-order valence-electron chi connectivity index (χ3n) is 5.63. The molecule has 1 aromatic heterocycles. The Morgan fingerprint density at radius 3 is 2.55 bits per heavy atom. The highest BCUT2D eigenvalue weighted by Gasteiger charge is 2.33. The van der Waals surface area contributed by atoms with Crippen LogP contribution in [0.2, 0.25) is 0 Å². The number of rotatable bonds is 6. The van der Waals surface area contributed by atoms with Crippen molar-refractivity contribution in [1.29, 1.82) is 0 Å². The zero-order valence-electron chi connectivity index (χ0n) is 18.5. The summed E-state index contributed by atoms with van der Waals surface area (Å²) < 4.78 is 28.3. The number of benzene rings is 2. The molecule has 0 unspecified atom stereocenters. The Morgan fingerprint density at radius 1 is 1.09 bits per heavy atom. The number of methoxy groups -OCH3 is 3. The number of allylic oxidation sites excluding steroid dienone is 1. The highest BCUT2D eigenvalue weighted by molar-refractivity contribution is 7.09. The van der Waals surface area contributed by atoms with E-state index >= 15 is 0 Å². The average Bonchev–Trinajstić information content (AvgIpc) is 3.46. The van der Waals surface area contributed by atoms with Crippen molar-refractivity contribution in [2.24, 2.45) is 0 Å². The lowest BCUT2D eigenvalue weighted by atomic mass is 10.0. The SMILES string of the molecule is COc1cc(/C=C2\Oc3c(ccc4c3CN(Cc3cccs3)CO4)C2=O)cc(OC)c1OC. The molecule has 3 aromatic rings. The summed E-state index contributed by atoms with van der Waals surface area (Å²) in [5.74, 6) is 2.87. The highest BCUT2D eigenvalue weighted by atomic mass is 32.1. The zero-order chi connectivity index (χ0) is 22.9. The van der Waals surface area contributed by atoms with Crippen LogP contribution in [-0.2, 0) is 13.1 Å². The smallest absolute Gasteiger partial charge is 0.231 e. The van der Waals surface area contributed by atoms with E-state index < -0.39 is 0 Å². The molecule has 0 radical (unpaired) electrons. The number of carbonyl (C=O) groups is 1. The summed E-state index contributed by atoms with van der Waals surface area (Å²) in [6.07, 6.45) is 1.69. The van der Waals surface area contributed by atoms with Gasteiger partial charge >= 0.3 is 0 Å². The minimum absolute atomic E-state index is 0.170. The molecule has 2 aromatic carbocycles. The molecule has 33 heavy (non-hydrogen) atoms. The second-order valence-corrected chi connectivity index (χ2v) is 8.69. The van der Waals surface area contributed by atoms with Crippen molar-refractivity contribution in [2.45, 2.75) is 13.1 Å². The Morgan fingerprint density at radius 2 is 1.88 bits per heavy atom. The number of hydrogen-bond acceptors (Lipinski definition) is 8. The van der Waals surface area contributed by atoms with E-state index in [4.69, 9.17) is 23.7 Å². The van der Waals surface area contributed by atoms with Crippen molar-refractivity contribution in [2.75, 3.05) is 28.1 Å². The molecule has 0 atom stereocenters. The molecular formula is C25H23NO6S. The van der Waals surface area contributed by atoms with E-state index in [1.54, 1.807) is 56.9 Å². The Hall–Kier alpha value is -3.49. The van der Waals surface area contributed by atoms with Crippen molar-refractivity contribution in [3.63, 3.8) is 0 Å². The van der Waals surface area contributed by atoms with Crippen LogP contribution in [0.15, 0.2) is 47.5 Å². The van der Waals surface area contributed by atoms with Gasteiger partial charge in [0.25, 0.3) is 0 Å². The molecule has 5 rings (SSSR count). The van der Waals surface area contributed by atoms with Crippen molar-refractivity contribution >= 4 is 23.2 Å². The molecule has 0 saturated carbocycles. The van der Waals surface area contributed by atoms with Gasteiger partial charge < -0.3 is 23.7 Å². The van der Waals surface area contributed by atoms with E-state index in [2.05, 4.69) is 16.3 Å². The molecule has 2 aliphatic rings. The van der Waals surface area contributed by atoms with Gasteiger partial charge in [-0.05, 0) is 47.4 Å². The number of Topliss-reactive ketones (excluding diaryl/α,β-unsaturated/α-hetero) is 1. The van der Waals surface area contributed by atoms with E-state index in [1.807, 2.05) is 12.1 Å². The predicted molar refractivity (Wildman–Crippen MR) is 125 cm³/mol. The number of ether oxygens (including phenoxy) is 5. The summed E-state index contributed by atoms with van der Waals surface area (Å²) in [6.45, 7) is 1.91. The quantitative estimate of drug-likeness (QED) is 0.487. The van der Waals surface area contributed by atoms with Crippen molar-refractivity contribution < 1.29 is 28.5 Å². The minimum Gasteiger partial charge on any atom is -0.493 e. The van der Waals surface area contributed by atoms with Gasteiger partial charge in [0.1, 0.15) is 18.2 Å². The van der Waals surface area contributed by atoms with E-state index in [0.29, 0.717) is 47.4 Å². The first-order valence-electron chi connectivity index (χ1n) is 10.4. The van der Waals surface area contributed by atoms with Gasteiger partial charge in [-0.3, -0.25) is 9.69 Å². The van der Waals surface area contributed by atoms with Crippen LogP contribution in [0, 0.1) is 0 Å². The predicted octanol–water partition coefficient (Wildman–Crippen LogP) is 4.74. The third-order valence-corrected chi connectivity index (χ3v) is 6.49. The first kappa shape index (κ1) is 21.4. The minimum atomic E-state index is -0.170. The van der Waals surface area contributed by atoms with Gasteiger partial charge in [0.15, 0.2) is 17.3 Å². The largest absolute Gasteiger partial charge is 0.493 e. The summed E-state index contributed by atoms with van der Waals surface area (Å²) in [5.41, 5.74) is 2.12. The summed E-state index contributed by atoms with van der Waals surface area (Å²) >= 11 is 1.71. The molecule has 8 heteroatoms. The molecule has 2 aliphatic heterocycles. The molecule has 0 aliphatic carbocycles. The Kier molecular flexibility index (Phi) is 5.70. The maximum absolute atomic E-state index is 13.1. The number of nitrogens with zero attached hydrogens (tertiary/aromatic N) is 1. The van der Waals surface area contributed by atoms with Crippen LogP contribution in [0.3, 0.4) is 0 Å². The Balaban J connectivity index is 1.46. The third kappa shape index (κ3) is 3.92. The van der Waals surface area contributed by atoms with Gasteiger partial charge in [-0.15, -0.1) is 11.3 Å². The first-order valence-corrected chi connectivity index (χ1v) is 11.3. The van der Waals surface area contributed by atoms with Crippen LogP contribution >= 0.6 is 11.3 Å². The van der Waals surface area contributed by atoms with E-state index in [-0.39, 0.29) is 11.5 Å². The molecule has 0 fully saturated rings. The van der Waals surface area contributed by atoms with Gasteiger partial charge in [0, 0.05) is 18.0 Å².